The van der Waals surface area contributed by atoms with Crippen molar-refractivity contribution in [3.63, 3.8) is 0 Å². The fourth-order valence-corrected chi connectivity index (χ4v) is 2.58. The Labute approximate surface area is 113 Å². The van der Waals surface area contributed by atoms with Crippen LogP contribution in [0.5, 0.6) is 0 Å². The molecule has 0 saturated carbocycles. The lowest BCUT2D eigenvalue weighted by molar-refractivity contribution is 0.0288. The topological polar surface area (TPSA) is 91.4 Å². The highest BCUT2D eigenvalue weighted by Gasteiger charge is 2.35. The zero-order valence-electron chi connectivity index (χ0n) is 9.81. The first-order valence-corrected chi connectivity index (χ1v) is 6.16. The number of halogens is 1. The molecule has 100 valence electrons. The number of aliphatic hydroxyl groups excluding tert-OH is 3. The van der Waals surface area contributed by atoms with Crippen molar-refractivity contribution in [2.24, 2.45) is 0 Å². The van der Waals surface area contributed by atoms with Crippen LogP contribution in [0.2, 0.25) is 5.15 Å². The first-order valence-electron chi connectivity index (χ1n) is 5.78. The Kier molecular flexibility index (Phi) is 3.02. The highest BCUT2D eigenvalue weighted by atomic mass is 35.5. The van der Waals surface area contributed by atoms with E-state index >= 15 is 0 Å². The van der Waals surface area contributed by atoms with Crippen LogP contribution < -0.4 is 0 Å². The van der Waals surface area contributed by atoms with Gasteiger partial charge in [0, 0.05) is 6.20 Å². The predicted octanol–water partition coefficient (Wildman–Crippen LogP) is 0.280. The van der Waals surface area contributed by atoms with E-state index in [2.05, 4.69) is 9.97 Å². The van der Waals surface area contributed by atoms with Gasteiger partial charge in [0.15, 0.2) is 5.15 Å². The number of aliphatic hydroxyl groups is 3. The molecule has 0 bridgehead atoms. The quantitative estimate of drug-likeness (QED) is 0.543. The minimum atomic E-state index is -1.07. The number of hydrogen-bond donors (Lipinski definition) is 3. The Morgan fingerprint density at radius 1 is 1.32 bits per heavy atom. The van der Waals surface area contributed by atoms with Crippen molar-refractivity contribution in [1.82, 2.24) is 14.5 Å². The number of hydrogen-bond acceptors (Lipinski definition) is 5. The molecule has 0 aliphatic heterocycles. The van der Waals surface area contributed by atoms with Crippen molar-refractivity contribution >= 4 is 22.6 Å². The van der Waals surface area contributed by atoms with Crippen molar-refractivity contribution in [3.8, 4) is 0 Å². The second-order valence-corrected chi connectivity index (χ2v) is 4.81. The van der Waals surface area contributed by atoms with Crippen molar-refractivity contribution in [2.45, 2.75) is 18.2 Å². The predicted molar refractivity (Wildman–Crippen MR) is 68.8 cm³/mol. The van der Waals surface area contributed by atoms with Gasteiger partial charge in [0.05, 0.1) is 24.5 Å². The normalized spacial score (nSPS) is 26.9. The molecule has 3 N–H and O–H groups in total. The molecular formula is C12H12ClN3O3. The fourth-order valence-electron chi connectivity index (χ4n) is 2.38. The van der Waals surface area contributed by atoms with Gasteiger partial charge in [-0.3, -0.25) is 0 Å². The van der Waals surface area contributed by atoms with E-state index in [0.717, 1.165) is 0 Å². The highest BCUT2D eigenvalue weighted by Crippen LogP contribution is 2.32. The summed E-state index contributed by atoms with van der Waals surface area (Å²) in [5.74, 6) is 0. The SMILES string of the molecule is OCC1=C[C@H](n2cnc3c(Cl)nccc32)[C@@H](O)[C@H]1O. The molecule has 7 heteroatoms. The largest absolute Gasteiger partial charge is 0.392 e. The van der Waals surface area contributed by atoms with E-state index in [4.69, 9.17) is 16.7 Å². The third-order valence-electron chi connectivity index (χ3n) is 3.39. The summed E-state index contributed by atoms with van der Waals surface area (Å²) in [7, 11) is 0. The lowest BCUT2D eigenvalue weighted by Gasteiger charge is -2.19. The molecule has 3 atom stereocenters. The molecule has 1 aliphatic rings. The average Bonchev–Trinajstić information content (AvgIpc) is 2.94. The van der Waals surface area contributed by atoms with Crippen molar-refractivity contribution in [1.29, 1.82) is 0 Å². The number of aromatic nitrogens is 3. The van der Waals surface area contributed by atoms with E-state index in [1.54, 1.807) is 22.9 Å². The van der Waals surface area contributed by atoms with E-state index in [-0.39, 0.29) is 11.8 Å². The summed E-state index contributed by atoms with van der Waals surface area (Å²) in [6, 6.07) is 1.25. The summed E-state index contributed by atoms with van der Waals surface area (Å²) in [5.41, 5.74) is 1.66. The van der Waals surface area contributed by atoms with Crippen LogP contribution in [0.25, 0.3) is 11.0 Å². The lowest BCUT2D eigenvalue weighted by atomic mass is 10.1. The monoisotopic (exact) mass is 281 g/mol. The molecule has 3 rings (SSSR count). The summed E-state index contributed by atoms with van der Waals surface area (Å²) >= 11 is 5.94. The van der Waals surface area contributed by atoms with Crippen molar-refractivity contribution in [3.05, 3.63) is 35.4 Å². The van der Waals surface area contributed by atoms with Gasteiger partial charge in [-0.1, -0.05) is 17.7 Å². The molecule has 0 saturated heterocycles. The van der Waals surface area contributed by atoms with Crippen molar-refractivity contribution < 1.29 is 15.3 Å². The van der Waals surface area contributed by atoms with E-state index < -0.39 is 18.2 Å². The molecule has 0 radical (unpaired) electrons. The van der Waals surface area contributed by atoms with E-state index in [1.807, 2.05) is 0 Å². The summed E-state index contributed by atoms with van der Waals surface area (Å²) in [6.45, 7) is -0.288. The summed E-state index contributed by atoms with van der Waals surface area (Å²) in [6.07, 6.45) is 2.65. The number of pyridine rings is 1. The molecule has 2 aromatic heterocycles. The van der Waals surface area contributed by atoms with Crippen LogP contribution in [-0.4, -0.2) is 48.7 Å². The van der Waals surface area contributed by atoms with Gasteiger partial charge in [0.25, 0.3) is 0 Å². The van der Waals surface area contributed by atoms with Gasteiger partial charge in [-0.05, 0) is 11.6 Å². The van der Waals surface area contributed by atoms with Gasteiger partial charge >= 0.3 is 0 Å². The molecule has 0 spiro atoms. The smallest absolute Gasteiger partial charge is 0.156 e. The molecule has 1 aliphatic carbocycles. The van der Waals surface area contributed by atoms with Gasteiger partial charge < -0.3 is 19.9 Å². The maximum Gasteiger partial charge on any atom is 0.156 e. The zero-order chi connectivity index (χ0) is 13.6. The molecule has 0 fully saturated rings. The lowest BCUT2D eigenvalue weighted by Crippen LogP contribution is -2.29. The van der Waals surface area contributed by atoms with Gasteiger partial charge in [-0.25, -0.2) is 9.97 Å². The number of fused-ring (bicyclic) bond motifs is 1. The van der Waals surface area contributed by atoms with Crippen LogP contribution in [-0.2, 0) is 0 Å². The molecule has 0 amide bonds. The number of rotatable bonds is 2. The summed E-state index contributed by atoms with van der Waals surface area (Å²) in [4.78, 5) is 8.09. The first-order chi connectivity index (χ1) is 9.13. The Hall–Kier alpha value is -1.47. The Morgan fingerprint density at radius 3 is 2.79 bits per heavy atom. The van der Waals surface area contributed by atoms with E-state index in [9.17, 15) is 10.2 Å². The Morgan fingerprint density at radius 2 is 2.11 bits per heavy atom. The molecular weight excluding hydrogens is 270 g/mol. The molecule has 19 heavy (non-hydrogen) atoms. The number of nitrogens with zero attached hydrogens (tertiary/aromatic N) is 3. The van der Waals surface area contributed by atoms with Gasteiger partial charge in [-0.2, -0.15) is 0 Å². The van der Waals surface area contributed by atoms with Crippen LogP contribution in [0.3, 0.4) is 0 Å². The second-order valence-electron chi connectivity index (χ2n) is 4.45. The number of imidazole rings is 1. The molecule has 0 unspecified atom stereocenters. The fraction of sp³-hybridized carbons (Fsp3) is 0.333. The molecule has 2 heterocycles. The van der Waals surface area contributed by atoms with E-state index in [1.165, 1.54) is 6.33 Å². The average molecular weight is 282 g/mol. The van der Waals surface area contributed by atoms with Gasteiger partial charge in [-0.15, -0.1) is 0 Å². The van der Waals surface area contributed by atoms with Crippen LogP contribution in [0.1, 0.15) is 6.04 Å². The highest BCUT2D eigenvalue weighted by molar-refractivity contribution is 6.33. The van der Waals surface area contributed by atoms with Crippen LogP contribution in [0.4, 0.5) is 0 Å². The minimum absolute atomic E-state index is 0.288. The van der Waals surface area contributed by atoms with Gasteiger partial charge in [0.1, 0.15) is 17.7 Å². The second kappa shape index (κ2) is 4.57. The third kappa shape index (κ3) is 1.84. The molecule has 6 nitrogen and oxygen atoms in total. The van der Waals surface area contributed by atoms with Gasteiger partial charge in [0.2, 0.25) is 0 Å². The van der Waals surface area contributed by atoms with Crippen molar-refractivity contribution in [2.75, 3.05) is 6.61 Å². The minimum Gasteiger partial charge on any atom is -0.392 e. The Bertz CT molecular complexity index is 655. The van der Waals surface area contributed by atoms with Crippen LogP contribution in [0, 0.1) is 0 Å². The van der Waals surface area contributed by atoms with Crippen LogP contribution in [0.15, 0.2) is 30.2 Å². The maximum atomic E-state index is 10.0. The summed E-state index contributed by atoms with van der Waals surface area (Å²) in [5, 5.41) is 29.3. The Balaban J connectivity index is 2.11. The first kappa shape index (κ1) is 12.6. The van der Waals surface area contributed by atoms with Crippen LogP contribution >= 0.6 is 11.6 Å². The molecule has 0 aromatic carbocycles. The standard InChI is InChI=1S/C12H12ClN3O3/c13-12-9-7(1-2-14-12)16(5-15-9)8-3-6(4-17)10(18)11(8)19/h1-3,5,8,10-11,17-19H,4H2/t8-,10-,11+/m0/s1. The third-order valence-corrected chi connectivity index (χ3v) is 3.67. The summed E-state index contributed by atoms with van der Waals surface area (Å²) < 4.78 is 1.71. The molecule has 2 aromatic rings. The maximum absolute atomic E-state index is 10.0. The van der Waals surface area contributed by atoms with E-state index in [0.29, 0.717) is 16.6 Å². The zero-order valence-corrected chi connectivity index (χ0v) is 10.6.